The summed E-state index contributed by atoms with van der Waals surface area (Å²) in [6.07, 6.45) is 1.10. The van der Waals surface area contributed by atoms with Gasteiger partial charge in [0, 0.05) is 0 Å². The lowest BCUT2D eigenvalue weighted by Crippen LogP contribution is -2.15. The van der Waals surface area contributed by atoms with E-state index in [0.29, 0.717) is 0 Å². The molecule has 0 aliphatic rings. The van der Waals surface area contributed by atoms with Crippen molar-refractivity contribution in [3.8, 4) is 0 Å². The van der Waals surface area contributed by atoms with Gasteiger partial charge in [0.2, 0.25) is 0 Å². The summed E-state index contributed by atoms with van der Waals surface area (Å²) in [6, 6.07) is 4.58. The molecule has 1 N–H and O–H groups in total. The molecule has 0 aliphatic heterocycles. The Labute approximate surface area is 131 Å². The molecule has 0 fully saturated rings. The number of rotatable bonds is 3. The van der Waals surface area contributed by atoms with E-state index in [1.54, 1.807) is 19.1 Å². The number of hydrogen-bond donors (Lipinski definition) is 1. The number of nitrogens with one attached hydrogen (secondary N) is 1. The molecule has 106 valence electrons. The predicted octanol–water partition coefficient (Wildman–Crippen LogP) is 3.55. The first-order chi connectivity index (χ1) is 9.31. The average Bonchev–Trinajstić information content (AvgIpc) is 2.34. The fourth-order valence-electron chi connectivity index (χ4n) is 1.43. The number of anilines is 1. The second-order valence-electron chi connectivity index (χ2n) is 3.87. The lowest BCUT2D eigenvalue weighted by atomic mass is 10.2. The largest absolute Gasteiger partial charge is 0.264 e. The first-order valence-electron chi connectivity index (χ1n) is 5.26. The van der Waals surface area contributed by atoms with Crippen LogP contribution < -0.4 is 4.72 Å². The minimum atomic E-state index is -3.92. The zero-order valence-corrected chi connectivity index (χ0v) is 13.1. The zero-order chi connectivity index (χ0) is 14.9. The highest BCUT2D eigenvalue weighted by Gasteiger charge is 2.20. The molecule has 0 saturated heterocycles. The van der Waals surface area contributed by atoms with E-state index < -0.39 is 10.0 Å². The molecule has 0 bridgehead atoms. The highest BCUT2D eigenvalue weighted by atomic mass is 35.5. The molecule has 0 atom stereocenters. The molecule has 0 radical (unpaired) electrons. The minimum absolute atomic E-state index is 0.0469. The highest BCUT2D eigenvalue weighted by molar-refractivity contribution is 7.92. The molecule has 0 unspecified atom stereocenters. The molecule has 2 aromatic rings. The van der Waals surface area contributed by atoms with Crippen molar-refractivity contribution in [2.24, 2.45) is 0 Å². The number of aromatic nitrogens is 2. The van der Waals surface area contributed by atoms with E-state index in [-0.39, 0.29) is 25.9 Å². The molecule has 1 heterocycles. The van der Waals surface area contributed by atoms with E-state index in [4.69, 9.17) is 34.8 Å². The van der Waals surface area contributed by atoms with E-state index in [9.17, 15) is 8.42 Å². The lowest BCUT2D eigenvalue weighted by Gasteiger charge is -2.10. The molecule has 0 saturated carbocycles. The Balaban J connectivity index is 2.44. The first kappa shape index (κ1) is 15.3. The van der Waals surface area contributed by atoms with Crippen LogP contribution in [-0.4, -0.2) is 18.4 Å². The number of nitrogens with zero attached hydrogens (tertiary/aromatic N) is 2. The molecular formula is C11H8Cl3N3O2S. The van der Waals surface area contributed by atoms with Crippen LogP contribution in [0.4, 0.5) is 5.82 Å². The van der Waals surface area contributed by atoms with E-state index in [0.717, 1.165) is 11.9 Å². The Kier molecular flexibility index (Phi) is 4.39. The number of sulfonamides is 1. The normalized spacial score (nSPS) is 11.4. The van der Waals surface area contributed by atoms with Crippen molar-refractivity contribution in [3.05, 3.63) is 45.3 Å². The standard InChI is InChI=1S/C11H8Cl3N3O2S/c1-6-2-3-8(7(12)4-6)20(18,19)17-11-9(13)10(14)15-5-16-11/h2-5H,1H3,(H,15,16,17). The van der Waals surface area contributed by atoms with Crippen molar-refractivity contribution in [2.45, 2.75) is 11.8 Å². The Bertz CT molecular complexity index is 766. The third-order valence-electron chi connectivity index (χ3n) is 2.35. The maximum absolute atomic E-state index is 12.2. The molecule has 0 spiro atoms. The van der Waals surface area contributed by atoms with Gasteiger partial charge in [0.15, 0.2) is 11.0 Å². The van der Waals surface area contributed by atoms with Crippen LogP contribution in [0.25, 0.3) is 0 Å². The van der Waals surface area contributed by atoms with Gasteiger partial charge < -0.3 is 0 Å². The third kappa shape index (κ3) is 3.15. The number of aryl methyl sites for hydroxylation is 1. The van der Waals surface area contributed by atoms with Gasteiger partial charge in [-0.2, -0.15) is 0 Å². The number of halogens is 3. The molecule has 1 aromatic heterocycles. The Morgan fingerprint density at radius 3 is 2.50 bits per heavy atom. The van der Waals surface area contributed by atoms with Gasteiger partial charge in [-0.3, -0.25) is 4.72 Å². The summed E-state index contributed by atoms with van der Waals surface area (Å²) in [5, 5.41) is -0.0240. The monoisotopic (exact) mass is 351 g/mol. The summed E-state index contributed by atoms with van der Waals surface area (Å²) in [5.41, 5.74) is 0.845. The maximum atomic E-state index is 12.2. The molecule has 5 nitrogen and oxygen atoms in total. The van der Waals surface area contributed by atoms with Crippen molar-refractivity contribution >= 4 is 50.6 Å². The summed E-state index contributed by atoms with van der Waals surface area (Å²) in [6.45, 7) is 1.80. The quantitative estimate of drug-likeness (QED) is 0.858. The zero-order valence-electron chi connectivity index (χ0n) is 10.1. The smallest absolute Gasteiger partial charge is 0.262 e. The third-order valence-corrected chi connectivity index (χ3v) is 4.92. The molecule has 0 amide bonds. The van der Waals surface area contributed by atoms with Crippen LogP contribution in [0.15, 0.2) is 29.4 Å². The van der Waals surface area contributed by atoms with Gasteiger partial charge in [-0.25, -0.2) is 18.4 Å². The van der Waals surface area contributed by atoms with Crippen molar-refractivity contribution < 1.29 is 8.42 Å². The van der Waals surface area contributed by atoms with Crippen LogP contribution in [0.2, 0.25) is 15.2 Å². The summed E-state index contributed by atoms with van der Waals surface area (Å²) in [5.74, 6) is -0.108. The SMILES string of the molecule is Cc1ccc(S(=O)(=O)Nc2ncnc(Cl)c2Cl)c(Cl)c1. The summed E-state index contributed by atoms with van der Waals surface area (Å²) < 4.78 is 26.7. The van der Waals surface area contributed by atoms with Gasteiger partial charge in [0.05, 0.1) is 5.02 Å². The van der Waals surface area contributed by atoms with Crippen LogP contribution in [0.3, 0.4) is 0 Å². The van der Waals surface area contributed by atoms with Gasteiger partial charge >= 0.3 is 0 Å². The summed E-state index contributed by atoms with van der Waals surface area (Å²) in [4.78, 5) is 7.30. The fraction of sp³-hybridized carbons (Fsp3) is 0.0909. The van der Waals surface area contributed by atoms with E-state index >= 15 is 0 Å². The van der Waals surface area contributed by atoms with Gasteiger partial charge in [-0.1, -0.05) is 40.9 Å². The van der Waals surface area contributed by atoms with Crippen molar-refractivity contribution in [1.82, 2.24) is 9.97 Å². The predicted molar refractivity (Wildman–Crippen MR) is 79.0 cm³/mol. The number of hydrogen-bond acceptors (Lipinski definition) is 4. The van der Waals surface area contributed by atoms with Gasteiger partial charge in [-0.15, -0.1) is 0 Å². The van der Waals surface area contributed by atoms with Gasteiger partial charge in [-0.05, 0) is 24.6 Å². The van der Waals surface area contributed by atoms with E-state index in [1.807, 2.05) is 0 Å². The minimum Gasteiger partial charge on any atom is -0.262 e. The van der Waals surface area contributed by atoms with Crippen molar-refractivity contribution in [3.63, 3.8) is 0 Å². The van der Waals surface area contributed by atoms with Crippen LogP contribution in [-0.2, 0) is 10.0 Å². The number of benzene rings is 1. The summed E-state index contributed by atoms with van der Waals surface area (Å²) in [7, 11) is -3.92. The lowest BCUT2D eigenvalue weighted by molar-refractivity contribution is 0.601. The molecule has 0 aliphatic carbocycles. The Morgan fingerprint density at radius 1 is 1.15 bits per heavy atom. The molecule has 2 rings (SSSR count). The summed E-state index contributed by atoms with van der Waals surface area (Å²) >= 11 is 17.5. The van der Waals surface area contributed by atoms with E-state index in [2.05, 4.69) is 14.7 Å². The average molecular weight is 353 g/mol. The van der Waals surface area contributed by atoms with Crippen LogP contribution >= 0.6 is 34.8 Å². The van der Waals surface area contributed by atoms with Crippen molar-refractivity contribution in [2.75, 3.05) is 4.72 Å². The maximum Gasteiger partial charge on any atom is 0.264 e. The van der Waals surface area contributed by atoms with Crippen LogP contribution in [0.5, 0.6) is 0 Å². The van der Waals surface area contributed by atoms with Gasteiger partial charge in [0.1, 0.15) is 16.2 Å². The molecule has 20 heavy (non-hydrogen) atoms. The Hall–Kier alpha value is -1.08. The highest BCUT2D eigenvalue weighted by Crippen LogP contribution is 2.29. The first-order valence-corrected chi connectivity index (χ1v) is 7.88. The van der Waals surface area contributed by atoms with E-state index in [1.165, 1.54) is 6.07 Å². The molecule has 9 heteroatoms. The fourth-order valence-corrected chi connectivity index (χ4v) is 3.38. The molecule has 1 aromatic carbocycles. The second kappa shape index (κ2) is 5.73. The van der Waals surface area contributed by atoms with Crippen LogP contribution in [0.1, 0.15) is 5.56 Å². The topological polar surface area (TPSA) is 72.0 Å². The van der Waals surface area contributed by atoms with Crippen molar-refractivity contribution in [1.29, 1.82) is 0 Å². The molecular weight excluding hydrogens is 345 g/mol. The second-order valence-corrected chi connectivity index (χ2v) is 6.66. The van der Waals surface area contributed by atoms with Gasteiger partial charge in [0.25, 0.3) is 10.0 Å². The van der Waals surface area contributed by atoms with Crippen LogP contribution in [0, 0.1) is 6.92 Å². The Morgan fingerprint density at radius 2 is 1.85 bits per heavy atom.